The number of ether oxygens (including phenoxy) is 2. The van der Waals surface area contributed by atoms with E-state index in [9.17, 15) is 0 Å². The van der Waals surface area contributed by atoms with Gasteiger partial charge in [0.15, 0.2) is 0 Å². The van der Waals surface area contributed by atoms with Crippen LogP contribution in [-0.4, -0.2) is 49.6 Å². The van der Waals surface area contributed by atoms with Gasteiger partial charge in [0.05, 0.1) is 19.8 Å². The minimum Gasteiger partial charge on any atom is -0.390 e. The van der Waals surface area contributed by atoms with Gasteiger partial charge in [-0.05, 0) is 12.8 Å². The second kappa shape index (κ2) is 5.38. The van der Waals surface area contributed by atoms with E-state index in [0.717, 1.165) is 19.6 Å². The molecular formula is C9H20O5Si. The Labute approximate surface area is 91.0 Å². The predicted molar refractivity (Wildman–Crippen MR) is 56.2 cm³/mol. The van der Waals surface area contributed by atoms with Crippen molar-refractivity contribution in [1.29, 1.82) is 0 Å². The summed E-state index contributed by atoms with van der Waals surface area (Å²) in [6.45, 7) is 4.72. The fourth-order valence-electron chi connectivity index (χ4n) is 1.48. The van der Waals surface area contributed by atoms with Crippen molar-refractivity contribution in [3.8, 4) is 0 Å². The lowest BCUT2D eigenvalue weighted by Gasteiger charge is -2.40. The molecule has 1 heterocycles. The van der Waals surface area contributed by atoms with Crippen LogP contribution in [0.25, 0.3) is 0 Å². The Balaban J connectivity index is 2.02. The molecule has 0 bridgehead atoms. The number of rotatable bonds is 7. The quantitative estimate of drug-likeness (QED) is 0.419. The highest BCUT2D eigenvalue weighted by Crippen LogP contribution is 2.31. The van der Waals surface area contributed by atoms with Crippen LogP contribution in [-0.2, 0) is 9.47 Å². The van der Waals surface area contributed by atoms with Gasteiger partial charge in [-0.2, -0.15) is 0 Å². The van der Waals surface area contributed by atoms with E-state index in [-0.39, 0.29) is 11.5 Å². The van der Waals surface area contributed by atoms with Gasteiger partial charge in [0.2, 0.25) is 0 Å². The molecule has 90 valence electrons. The summed E-state index contributed by atoms with van der Waals surface area (Å²) in [6.07, 6.45) is 1.52. The fourth-order valence-corrected chi connectivity index (χ4v) is 2.10. The summed E-state index contributed by atoms with van der Waals surface area (Å²) in [5.74, 6) is 0. The van der Waals surface area contributed by atoms with Crippen LogP contribution >= 0.6 is 0 Å². The molecular weight excluding hydrogens is 216 g/mol. The van der Waals surface area contributed by atoms with E-state index in [0.29, 0.717) is 19.6 Å². The molecule has 1 aliphatic rings. The minimum absolute atomic E-state index is 0.0443. The Morgan fingerprint density at radius 1 is 1.33 bits per heavy atom. The molecule has 5 nitrogen and oxygen atoms in total. The Hall–Kier alpha value is 0.0169. The third kappa shape index (κ3) is 4.58. The van der Waals surface area contributed by atoms with Gasteiger partial charge < -0.3 is 23.9 Å². The van der Waals surface area contributed by atoms with Crippen molar-refractivity contribution < 1.29 is 23.9 Å². The monoisotopic (exact) mass is 236 g/mol. The molecule has 15 heavy (non-hydrogen) atoms. The highest BCUT2D eigenvalue weighted by atomic mass is 28.4. The van der Waals surface area contributed by atoms with Crippen molar-refractivity contribution in [2.24, 2.45) is 5.41 Å². The molecule has 0 saturated carbocycles. The van der Waals surface area contributed by atoms with Crippen LogP contribution in [0.1, 0.15) is 19.8 Å². The Morgan fingerprint density at radius 3 is 2.40 bits per heavy atom. The topological polar surface area (TPSA) is 79.2 Å². The van der Waals surface area contributed by atoms with Crippen LogP contribution in [0.4, 0.5) is 0 Å². The average molecular weight is 236 g/mol. The molecule has 1 aliphatic heterocycles. The zero-order valence-corrected chi connectivity index (χ0v) is 10.1. The highest BCUT2D eigenvalue weighted by Gasteiger charge is 2.37. The lowest BCUT2D eigenvalue weighted by Crippen LogP contribution is -2.45. The third-order valence-corrected chi connectivity index (χ3v) is 3.80. The zero-order chi connectivity index (χ0) is 11.4. The van der Waals surface area contributed by atoms with Gasteiger partial charge in [-0.25, -0.2) is 0 Å². The molecule has 0 aromatic rings. The first kappa shape index (κ1) is 13.1. The summed E-state index contributed by atoms with van der Waals surface area (Å²) in [6, 6.07) is 0.0443. The standard InChI is InChI=1S/C9H20O5Si/c1-2-9(7-14-8-9)6-13-4-3-5-15(10,11)12/h10-12H,2-8H2,1H3. The van der Waals surface area contributed by atoms with Crippen molar-refractivity contribution in [2.75, 3.05) is 26.4 Å². The highest BCUT2D eigenvalue weighted by molar-refractivity contribution is 6.56. The van der Waals surface area contributed by atoms with E-state index in [1.165, 1.54) is 0 Å². The lowest BCUT2D eigenvalue weighted by molar-refractivity contribution is -0.150. The largest absolute Gasteiger partial charge is 0.492 e. The van der Waals surface area contributed by atoms with Crippen LogP contribution in [0.5, 0.6) is 0 Å². The van der Waals surface area contributed by atoms with Crippen LogP contribution in [0.2, 0.25) is 6.04 Å². The molecule has 3 N–H and O–H groups in total. The maximum atomic E-state index is 8.75. The van der Waals surface area contributed by atoms with Gasteiger partial charge in [0, 0.05) is 18.1 Å². The van der Waals surface area contributed by atoms with E-state index in [1.54, 1.807) is 0 Å². The van der Waals surface area contributed by atoms with Gasteiger partial charge >= 0.3 is 8.80 Å². The van der Waals surface area contributed by atoms with Gasteiger partial charge in [0.1, 0.15) is 0 Å². The van der Waals surface area contributed by atoms with E-state index in [4.69, 9.17) is 23.9 Å². The van der Waals surface area contributed by atoms with Crippen molar-refractivity contribution >= 4 is 8.80 Å². The third-order valence-electron chi connectivity index (χ3n) is 2.78. The van der Waals surface area contributed by atoms with E-state index >= 15 is 0 Å². The van der Waals surface area contributed by atoms with Gasteiger partial charge in [-0.1, -0.05) is 6.92 Å². The van der Waals surface area contributed by atoms with Crippen molar-refractivity contribution in [3.05, 3.63) is 0 Å². The van der Waals surface area contributed by atoms with Gasteiger partial charge in [0.25, 0.3) is 0 Å². The van der Waals surface area contributed by atoms with Gasteiger partial charge in [-0.15, -0.1) is 0 Å². The average Bonchev–Trinajstić information content (AvgIpc) is 2.06. The second-order valence-corrected chi connectivity index (χ2v) is 6.33. The fraction of sp³-hybridized carbons (Fsp3) is 1.00. The Kier molecular flexibility index (Phi) is 4.69. The molecule has 0 aromatic heterocycles. The molecule has 1 rings (SSSR count). The molecule has 0 radical (unpaired) electrons. The molecule has 1 fully saturated rings. The molecule has 0 amide bonds. The van der Waals surface area contributed by atoms with Crippen molar-refractivity contribution in [3.63, 3.8) is 0 Å². The first-order valence-corrected chi connectivity index (χ1v) is 7.35. The summed E-state index contributed by atoms with van der Waals surface area (Å²) in [5, 5.41) is 0. The lowest BCUT2D eigenvalue weighted by atomic mass is 9.84. The Morgan fingerprint density at radius 2 is 2.00 bits per heavy atom. The molecule has 0 aliphatic carbocycles. The summed E-state index contributed by atoms with van der Waals surface area (Å²) < 4.78 is 10.6. The van der Waals surface area contributed by atoms with E-state index < -0.39 is 8.80 Å². The number of hydrogen-bond acceptors (Lipinski definition) is 5. The van der Waals surface area contributed by atoms with Crippen LogP contribution in [0.3, 0.4) is 0 Å². The first-order valence-electron chi connectivity index (χ1n) is 5.30. The summed E-state index contributed by atoms with van der Waals surface area (Å²) >= 11 is 0. The smallest absolute Gasteiger partial charge is 0.390 e. The first-order chi connectivity index (χ1) is 6.97. The van der Waals surface area contributed by atoms with Crippen LogP contribution < -0.4 is 0 Å². The summed E-state index contributed by atoms with van der Waals surface area (Å²) in [4.78, 5) is 26.3. The normalized spacial score (nSPS) is 20.0. The summed E-state index contributed by atoms with van der Waals surface area (Å²) in [7, 11) is -3.86. The Bertz CT molecular complexity index is 182. The zero-order valence-electron chi connectivity index (χ0n) is 9.11. The molecule has 0 aromatic carbocycles. The minimum atomic E-state index is -3.86. The van der Waals surface area contributed by atoms with Crippen molar-refractivity contribution in [1.82, 2.24) is 0 Å². The SMILES string of the molecule is CCC1(COCCC[Si](O)(O)O)COC1. The maximum Gasteiger partial charge on any atom is 0.492 e. The molecule has 0 unspecified atom stereocenters. The molecule has 0 atom stereocenters. The van der Waals surface area contributed by atoms with Gasteiger partial charge in [-0.3, -0.25) is 0 Å². The van der Waals surface area contributed by atoms with Crippen molar-refractivity contribution in [2.45, 2.75) is 25.8 Å². The predicted octanol–water partition coefficient (Wildman–Crippen LogP) is -0.264. The summed E-state index contributed by atoms with van der Waals surface area (Å²) in [5.41, 5.74) is 0.173. The second-order valence-electron chi connectivity index (χ2n) is 4.28. The number of hydrogen-bond donors (Lipinski definition) is 3. The molecule has 6 heteroatoms. The van der Waals surface area contributed by atoms with Crippen LogP contribution in [0.15, 0.2) is 0 Å². The molecule has 0 spiro atoms. The maximum absolute atomic E-state index is 8.75. The van der Waals surface area contributed by atoms with E-state index in [1.807, 2.05) is 0 Å². The molecule has 1 saturated heterocycles. The van der Waals surface area contributed by atoms with E-state index in [2.05, 4.69) is 6.92 Å². The van der Waals surface area contributed by atoms with Crippen LogP contribution in [0, 0.1) is 5.41 Å².